The van der Waals surface area contributed by atoms with Crippen molar-refractivity contribution in [3.8, 4) is 11.4 Å². The van der Waals surface area contributed by atoms with Gasteiger partial charge in [-0.2, -0.15) is 5.10 Å². The molecule has 0 fully saturated rings. The van der Waals surface area contributed by atoms with Gasteiger partial charge in [0, 0.05) is 31.5 Å². The normalized spacial score (nSPS) is 12.8. The highest BCUT2D eigenvalue weighted by Gasteiger charge is 2.31. The molecule has 0 N–H and O–H groups in total. The van der Waals surface area contributed by atoms with Crippen LogP contribution in [0.15, 0.2) is 60.7 Å². The monoisotopic (exact) mass is 433 g/mol. The molecule has 7 heteroatoms. The average Bonchev–Trinajstić information content (AvgIpc) is 3.22. The molecule has 1 amide bonds. The van der Waals surface area contributed by atoms with Crippen LogP contribution in [-0.2, 0) is 22.5 Å². The van der Waals surface area contributed by atoms with Crippen molar-refractivity contribution in [3.05, 3.63) is 77.6 Å². The largest absolute Gasteiger partial charge is 0.494 e. The molecule has 2 aromatic carbocycles. The topological polar surface area (TPSA) is 73.7 Å². The molecule has 1 aliphatic heterocycles. The van der Waals surface area contributed by atoms with Gasteiger partial charge >= 0.3 is 5.97 Å². The molecular weight excluding hydrogens is 406 g/mol. The number of hydrogen-bond acceptors (Lipinski definition) is 5. The molecule has 0 aliphatic carbocycles. The molecule has 1 aromatic heterocycles. The maximum absolute atomic E-state index is 12.8. The molecule has 4 rings (SSSR count). The van der Waals surface area contributed by atoms with Gasteiger partial charge in [0.15, 0.2) is 5.69 Å². The molecule has 0 saturated heterocycles. The van der Waals surface area contributed by atoms with E-state index in [0.29, 0.717) is 39.0 Å². The molecule has 3 aromatic rings. The van der Waals surface area contributed by atoms with Crippen LogP contribution in [0.4, 0.5) is 0 Å². The second-order valence-corrected chi connectivity index (χ2v) is 7.57. The summed E-state index contributed by atoms with van der Waals surface area (Å²) in [5.74, 6) is 0.397. The Kier molecular flexibility index (Phi) is 6.84. The van der Waals surface area contributed by atoms with E-state index in [1.807, 2.05) is 60.7 Å². The molecule has 0 saturated carbocycles. The summed E-state index contributed by atoms with van der Waals surface area (Å²) in [6.45, 7) is 3.47. The maximum Gasteiger partial charge on any atom is 0.359 e. The molecule has 0 spiro atoms. The molecule has 0 unspecified atom stereocenters. The Labute approximate surface area is 187 Å². The molecule has 2 heterocycles. The van der Waals surface area contributed by atoms with Crippen molar-refractivity contribution in [1.29, 1.82) is 0 Å². The predicted octanol–water partition coefficient (Wildman–Crippen LogP) is 3.79. The standard InChI is InChI=1S/C25H27N3O4/c1-2-31-25(30)24-21-18-27(23(29)14-9-17-32-20-12-7-4-8-13-20)16-15-22(21)28(26-24)19-10-5-3-6-11-19/h3-8,10-13H,2,9,14-18H2,1H3. The molecule has 7 nitrogen and oxygen atoms in total. The van der Waals surface area contributed by atoms with Crippen LogP contribution in [0.5, 0.6) is 5.75 Å². The zero-order valence-corrected chi connectivity index (χ0v) is 18.2. The van der Waals surface area contributed by atoms with E-state index in [9.17, 15) is 9.59 Å². The van der Waals surface area contributed by atoms with Gasteiger partial charge in [0.25, 0.3) is 0 Å². The van der Waals surface area contributed by atoms with Crippen LogP contribution in [-0.4, -0.2) is 46.3 Å². The number of aromatic nitrogens is 2. The number of hydrogen-bond donors (Lipinski definition) is 0. The lowest BCUT2D eigenvalue weighted by molar-refractivity contribution is -0.132. The summed E-state index contributed by atoms with van der Waals surface area (Å²) in [6, 6.07) is 19.3. The summed E-state index contributed by atoms with van der Waals surface area (Å²) < 4.78 is 12.7. The second-order valence-electron chi connectivity index (χ2n) is 7.57. The van der Waals surface area contributed by atoms with E-state index in [1.54, 1.807) is 16.5 Å². The smallest absolute Gasteiger partial charge is 0.359 e. The van der Waals surface area contributed by atoms with Gasteiger partial charge < -0.3 is 14.4 Å². The van der Waals surface area contributed by atoms with E-state index in [4.69, 9.17) is 9.47 Å². The van der Waals surface area contributed by atoms with E-state index in [0.717, 1.165) is 22.7 Å². The zero-order chi connectivity index (χ0) is 22.3. The lowest BCUT2D eigenvalue weighted by atomic mass is 10.0. The van der Waals surface area contributed by atoms with Crippen molar-refractivity contribution >= 4 is 11.9 Å². The third-order valence-electron chi connectivity index (χ3n) is 5.43. The molecule has 32 heavy (non-hydrogen) atoms. The summed E-state index contributed by atoms with van der Waals surface area (Å²) in [7, 11) is 0. The molecule has 166 valence electrons. The summed E-state index contributed by atoms with van der Waals surface area (Å²) >= 11 is 0. The number of benzene rings is 2. The lowest BCUT2D eigenvalue weighted by Gasteiger charge is -2.28. The van der Waals surface area contributed by atoms with Gasteiger partial charge in [0.2, 0.25) is 5.91 Å². The molecular formula is C25H27N3O4. The summed E-state index contributed by atoms with van der Waals surface area (Å²) in [5, 5.41) is 4.57. The van der Waals surface area contributed by atoms with Crippen LogP contribution in [0.1, 0.15) is 41.5 Å². The Morgan fingerprint density at radius 1 is 1.03 bits per heavy atom. The maximum atomic E-state index is 12.8. The number of para-hydroxylation sites is 2. The summed E-state index contributed by atoms with van der Waals surface area (Å²) in [5.41, 5.74) is 2.90. The van der Waals surface area contributed by atoms with Crippen molar-refractivity contribution < 1.29 is 19.1 Å². The van der Waals surface area contributed by atoms with Gasteiger partial charge in [-0.25, -0.2) is 9.48 Å². The fourth-order valence-corrected chi connectivity index (χ4v) is 3.87. The Bertz CT molecular complexity index is 1060. The second kappa shape index (κ2) is 10.1. The Balaban J connectivity index is 1.45. The van der Waals surface area contributed by atoms with Crippen LogP contribution in [0.25, 0.3) is 5.69 Å². The predicted molar refractivity (Wildman–Crippen MR) is 120 cm³/mol. The molecule has 1 aliphatic rings. The number of nitrogens with zero attached hydrogens (tertiary/aromatic N) is 3. The molecule has 0 radical (unpaired) electrons. The van der Waals surface area contributed by atoms with E-state index in [-0.39, 0.29) is 18.2 Å². The van der Waals surface area contributed by atoms with Crippen LogP contribution in [0.2, 0.25) is 0 Å². The van der Waals surface area contributed by atoms with Gasteiger partial charge in [-0.05, 0) is 37.6 Å². The van der Waals surface area contributed by atoms with Crippen molar-refractivity contribution in [2.24, 2.45) is 0 Å². The van der Waals surface area contributed by atoms with Crippen LogP contribution < -0.4 is 4.74 Å². The molecule has 0 atom stereocenters. The number of fused-ring (bicyclic) bond motifs is 1. The first-order chi connectivity index (χ1) is 15.7. The summed E-state index contributed by atoms with van der Waals surface area (Å²) in [6.07, 6.45) is 1.65. The van der Waals surface area contributed by atoms with Crippen molar-refractivity contribution in [2.45, 2.75) is 32.7 Å². The van der Waals surface area contributed by atoms with Crippen LogP contribution in [0.3, 0.4) is 0 Å². The minimum Gasteiger partial charge on any atom is -0.494 e. The SMILES string of the molecule is CCOC(=O)c1nn(-c2ccccc2)c2c1CN(C(=O)CCCOc1ccccc1)CC2. The van der Waals surface area contributed by atoms with Gasteiger partial charge in [0.1, 0.15) is 5.75 Å². The fraction of sp³-hybridized carbons (Fsp3) is 0.320. The van der Waals surface area contributed by atoms with Crippen LogP contribution in [0, 0.1) is 0 Å². The zero-order valence-electron chi connectivity index (χ0n) is 18.2. The number of carbonyl (C=O) groups excluding carboxylic acids is 2. The third kappa shape index (κ3) is 4.82. The minimum atomic E-state index is -0.455. The van der Waals surface area contributed by atoms with E-state index >= 15 is 0 Å². The fourth-order valence-electron chi connectivity index (χ4n) is 3.87. The van der Waals surface area contributed by atoms with Crippen molar-refractivity contribution in [3.63, 3.8) is 0 Å². The third-order valence-corrected chi connectivity index (χ3v) is 5.43. The van der Waals surface area contributed by atoms with E-state index in [1.165, 1.54) is 0 Å². The first kappa shape index (κ1) is 21.6. The Morgan fingerprint density at radius 2 is 1.75 bits per heavy atom. The summed E-state index contributed by atoms with van der Waals surface area (Å²) in [4.78, 5) is 27.2. The number of amides is 1. The van der Waals surface area contributed by atoms with E-state index < -0.39 is 5.97 Å². The first-order valence-electron chi connectivity index (χ1n) is 11.0. The van der Waals surface area contributed by atoms with Gasteiger partial charge in [-0.1, -0.05) is 36.4 Å². The Morgan fingerprint density at radius 3 is 2.47 bits per heavy atom. The number of carbonyl (C=O) groups is 2. The highest BCUT2D eigenvalue weighted by molar-refractivity contribution is 5.90. The van der Waals surface area contributed by atoms with Gasteiger partial charge in [-0.15, -0.1) is 0 Å². The van der Waals surface area contributed by atoms with E-state index in [2.05, 4.69) is 5.10 Å². The quantitative estimate of drug-likeness (QED) is 0.399. The number of ether oxygens (including phenoxy) is 2. The average molecular weight is 434 g/mol. The molecule has 0 bridgehead atoms. The number of rotatable bonds is 8. The van der Waals surface area contributed by atoms with Gasteiger partial charge in [0.05, 0.1) is 24.6 Å². The lowest BCUT2D eigenvalue weighted by Crippen LogP contribution is -2.36. The highest BCUT2D eigenvalue weighted by atomic mass is 16.5. The number of esters is 1. The minimum absolute atomic E-state index is 0.0505. The van der Waals surface area contributed by atoms with Gasteiger partial charge in [-0.3, -0.25) is 4.79 Å². The first-order valence-corrected chi connectivity index (χ1v) is 11.0. The van der Waals surface area contributed by atoms with Crippen molar-refractivity contribution in [2.75, 3.05) is 19.8 Å². The van der Waals surface area contributed by atoms with Crippen LogP contribution >= 0.6 is 0 Å². The van der Waals surface area contributed by atoms with Crippen molar-refractivity contribution in [1.82, 2.24) is 14.7 Å². The Hall–Kier alpha value is -3.61. The highest BCUT2D eigenvalue weighted by Crippen LogP contribution is 2.26.